The van der Waals surface area contributed by atoms with Gasteiger partial charge < -0.3 is 10.0 Å². The van der Waals surface area contributed by atoms with Gasteiger partial charge in [-0.15, -0.1) is 0 Å². The minimum absolute atomic E-state index is 0.0213. The quantitative estimate of drug-likeness (QED) is 0.884. The first-order chi connectivity index (χ1) is 9.79. The van der Waals surface area contributed by atoms with Crippen LogP contribution in [-0.2, 0) is 0 Å². The van der Waals surface area contributed by atoms with Crippen LogP contribution in [0.5, 0.6) is 0 Å². The highest BCUT2D eigenvalue weighted by molar-refractivity contribution is 5.97. The van der Waals surface area contributed by atoms with Crippen molar-refractivity contribution in [3.63, 3.8) is 0 Å². The number of fused-ring (bicyclic) bond motifs is 1. The number of likely N-dealkylation sites (tertiary alicyclic amines) is 1. The van der Waals surface area contributed by atoms with Crippen molar-refractivity contribution < 1.29 is 9.90 Å². The molecule has 20 heavy (non-hydrogen) atoms. The molecule has 1 saturated heterocycles. The number of hydrogen-bond donors (Lipinski definition) is 2. The average Bonchev–Trinajstić information content (AvgIpc) is 2.95. The molecule has 1 amide bonds. The van der Waals surface area contributed by atoms with E-state index < -0.39 is 0 Å². The second-order valence-corrected chi connectivity index (χ2v) is 5.19. The Hall–Kier alpha value is -1.95. The summed E-state index contributed by atoms with van der Waals surface area (Å²) in [5.74, 6) is 0.0213. The summed E-state index contributed by atoms with van der Waals surface area (Å²) in [6.07, 6.45) is 3.77. The third kappa shape index (κ3) is 2.38. The van der Waals surface area contributed by atoms with Gasteiger partial charge >= 0.3 is 0 Å². The van der Waals surface area contributed by atoms with Crippen molar-refractivity contribution in [2.75, 3.05) is 13.2 Å². The molecule has 2 heterocycles. The zero-order chi connectivity index (χ0) is 13.9. The number of aromatic nitrogens is 3. The fourth-order valence-electron chi connectivity index (χ4n) is 2.86. The van der Waals surface area contributed by atoms with E-state index in [9.17, 15) is 4.79 Å². The molecule has 0 bridgehead atoms. The molecule has 3 rings (SSSR count). The van der Waals surface area contributed by atoms with Gasteiger partial charge in [-0.2, -0.15) is 15.4 Å². The highest BCUT2D eigenvalue weighted by Crippen LogP contribution is 2.22. The lowest BCUT2D eigenvalue weighted by Crippen LogP contribution is -2.44. The Morgan fingerprint density at radius 1 is 1.35 bits per heavy atom. The molecule has 0 saturated carbocycles. The second-order valence-electron chi connectivity index (χ2n) is 5.19. The van der Waals surface area contributed by atoms with Crippen LogP contribution >= 0.6 is 0 Å². The molecule has 1 aliphatic rings. The average molecular weight is 274 g/mol. The molecule has 1 unspecified atom stereocenters. The molecule has 0 spiro atoms. The Morgan fingerprint density at radius 3 is 3.05 bits per heavy atom. The summed E-state index contributed by atoms with van der Waals surface area (Å²) < 4.78 is 0. The van der Waals surface area contributed by atoms with Gasteiger partial charge in [0.05, 0.1) is 0 Å². The lowest BCUT2D eigenvalue weighted by Gasteiger charge is -2.35. The topological polar surface area (TPSA) is 82.1 Å². The number of rotatable bonds is 3. The van der Waals surface area contributed by atoms with E-state index in [1.165, 1.54) is 0 Å². The lowest BCUT2D eigenvalue weighted by molar-refractivity contribution is 0.0575. The third-order valence-corrected chi connectivity index (χ3v) is 3.91. The summed E-state index contributed by atoms with van der Waals surface area (Å²) in [5.41, 5.74) is 2.09. The van der Waals surface area contributed by atoms with Gasteiger partial charge in [-0.1, -0.05) is 0 Å². The van der Waals surface area contributed by atoms with Crippen LogP contribution in [0.3, 0.4) is 0 Å². The first-order valence-electron chi connectivity index (χ1n) is 7.02. The molecule has 1 aliphatic heterocycles. The van der Waals surface area contributed by atoms with Crippen molar-refractivity contribution in [1.82, 2.24) is 20.3 Å². The fourth-order valence-corrected chi connectivity index (χ4v) is 2.86. The van der Waals surface area contributed by atoms with Gasteiger partial charge in [0.2, 0.25) is 0 Å². The van der Waals surface area contributed by atoms with Crippen LogP contribution < -0.4 is 0 Å². The SMILES string of the molecule is O=C(c1ccc2n[nH]nc2c1)N1CCCCC1CCO. The predicted octanol–water partition coefficient (Wildman–Crippen LogP) is 1.33. The molecule has 6 heteroatoms. The van der Waals surface area contributed by atoms with Gasteiger partial charge in [-0.25, -0.2) is 0 Å². The van der Waals surface area contributed by atoms with Crippen LogP contribution in [0, 0.1) is 0 Å². The van der Waals surface area contributed by atoms with E-state index in [0.717, 1.165) is 31.3 Å². The first-order valence-corrected chi connectivity index (χ1v) is 7.02. The van der Waals surface area contributed by atoms with Crippen LogP contribution in [0.25, 0.3) is 11.0 Å². The summed E-state index contributed by atoms with van der Waals surface area (Å²) >= 11 is 0. The van der Waals surface area contributed by atoms with Gasteiger partial charge in [0.25, 0.3) is 5.91 Å². The zero-order valence-corrected chi connectivity index (χ0v) is 11.2. The van der Waals surface area contributed by atoms with Crippen LogP contribution in [0.4, 0.5) is 0 Å². The third-order valence-electron chi connectivity index (χ3n) is 3.91. The molecule has 6 nitrogen and oxygen atoms in total. The number of aromatic amines is 1. The largest absolute Gasteiger partial charge is 0.396 e. The van der Waals surface area contributed by atoms with E-state index in [1.54, 1.807) is 18.2 Å². The number of aliphatic hydroxyl groups excluding tert-OH is 1. The normalized spacial score (nSPS) is 19.4. The summed E-state index contributed by atoms with van der Waals surface area (Å²) in [4.78, 5) is 14.5. The predicted molar refractivity (Wildman–Crippen MR) is 74.3 cm³/mol. The van der Waals surface area contributed by atoms with E-state index in [-0.39, 0.29) is 18.6 Å². The Bertz CT molecular complexity index is 608. The van der Waals surface area contributed by atoms with Crippen molar-refractivity contribution in [1.29, 1.82) is 0 Å². The van der Waals surface area contributed by atoms with Crippen molar-refractivity contribution in [2.45, 2.75) is 31.7 Å². The molecular weight excluding hydrogens is 256 g/mol. The zero-order valence-electron chi connectivity index (χ0n) is 11.2. The van der Waals surface area contributed by atoms with E-state index in [2.05, 4.69) is 15.4 Å². The number of H-pyrrole nitrogens is 1. The minimum atomic E-state index is 0.0213. The number of carbonyl (C=O) groups is 1. The van der Waals surface area contributed by atoms with Gasteiger partial charge in [0.15, 0.2) is 0 Å². The number of piperidine rings is 1. The number of nitrogens with zero attached hydrogens (tertiary/aromatic N) is 3. The maximum atomic E-state index is 12.6. The molecular formula is C14H18N4O2. The molecule has 2 N–H and O–H groups in total. The molecule has 2 aromatic rings. The highest BCUT2D eigenvalue weighted by atomic mass is 16.3. The number of aliphatic hydroxyl groups is 1. The number of hydrogen-bond acceptors (Lipinski definition) is 4. The van der Waals surface area contributed by atoms with E-state index >= 15 is 0 Å². The Morgan fingerprint density at radius 2 is 2.20 bits per heavy atom. The van der Waals surface area contributed by atoms with Crippen LogP contribution in [0.2, 0.25) is 0 Å². The smallest absolute Gasteiger partial charge is 0.254 e. The summed E-state index contributed by atoms with van der Waals surface area (Å²) in [6.45, 7) is 0.886. The number of carbonyl (C=O) groups excluding carboxylic acids is 1. The van der Waals surface area contributed by atoms with E-state index in [4.69, 9.17) is 5.11 Å². The summed E-state index contributed by atoms with van der Waals surface area (Å²) in [6, 6.07) is 5.51. The van der Waals surface area contributed by atoms with Crippen molar-refractivity contribution >= 4 is 16.9 Å². The van der Waals surface area contributed by atoms with Crippen molar-refractivity contribution in [2.24, 2.45) is 0 Å². The Balaban J connectivity index is 1.85. The number of benzene rings is 1. The summed E-state index contributed by atoms with van der Waals surface area (Å²) in [5, 5.41) is 19.7. The van der Waals surface area contributed by atoms with Gasteiger partial charge in [-0.05, 0) is 43.9 Å². The highest BCUT2D eigenvalue weighted by Gasteiger charge is 2.27. The molecule has 1 aromatic carbocycles. The number of amides is 1. The fraction of sp³-hybridized carbons (Fsp3) is 0.500. The second kappa shape index (κ2) is 5.58. The Kier molecular flexibility index (Phi) is 3.64. The molecule has 0 aliphatic carbocycles. The minimum Gasteiger partial charge on any atom is -0.396 e. The molecule has 0 radical (unpaired) electrons. The molecule has 106 valence electrons. The lowest BCUT2D eigenvalue weighted by atomic mass is 9.98. The first kappa shape index (κ1) is 13.1. The molecule has 1 aromatic heterocycles. The van der Waals surface area contributed by atoms with E-state index in [0.29, 0.717) is 17.5 Å². The van der Waals surface area contributed by atoms with Gasteiger partial charge in [-0.3, -0.25) is 4.79 Å². The van der Waals surface area contributed by atoms with Crippen LogP contribution in [-0.4, -0.2) is 50.5 Å². The van der Waals surface area contributed by atoms with Crippen LogP contribution in [0.15, 0.2) is 18.2 Å². The van der Waals surface area contributed by atoms with E-state index in [1.807, 2.05) is 4.90 Å². The Labute approximate surface area is 116 Å². The standard InChI is InChI=1S/C14H18N4O2/c19-8-6-11-3-1-2-7-18(11)14(20)10-4-5-12-13(9-10)16-17-15-12/h4-5,9,11,19H,1-3,6-8H2,(H,15,16,17). The maximum absolute atomic E-state index is 12.6. The molecule has 1 fully saturated rings. The van der Waals surface area contributed by atoms with Crippen LogP contribution in [0.1, 0.15) is 36.0 Å². The summed E-state index contributed by atoms with van der Waals surface area (Å²) in [7, 11) is 0. The number of nitrogens with one attached hydrogen (secondary N) is 1. The maximum Gasteiger partial charge on any atom is 0.254 e. The monoisotopic (exact) mass is 274 g/mol. The molecule has 1 atom stereocenters. The van der Waals surface area contributed by atoms with Gasteiger partial charge in [0.1, 0.15) is 11.0 Å². The van der Waals surface area contributed by atoms with Gasteiger partial charge in [0, 0.05) is 24.8 Å². The van der Waals surface area contributed by atoms with Crippen molar-refractivity contribution in [3.8, 4) is 0 Å². The van der Waals surface area contributed by atoms with Crippen molar-refractivity contribution in [3.05, 3.63) is 23.8 Å².